The van der Waals surface area contributed by atoms with Crippen molar-refractivity contribution in [3.05, 3.63) is 47.0 Å². The number of nitrogens with zero attached hydrogens (tertiary/aromatic N) is 2. The molecule has 1 fully saturated rings. The second-order valence-corrected chi connectivity index (χ2v) is 6.99. The lowest BCUT2D eigenvalue weighted by molar-refractivity contribution is 0.141. The Balaban J connectivity index is 1.73. The van der Waals surface area contributed by atoms with Crippen molar-refractivity contribution in [3.63, 3.8) is 0 Å². The summed E-state index contributed by atoms with van der Waals surface area (Å²) < 4.78 is 0. The fraction of sp³-hybridized carbons (Fsp3) is 0.471. The molecule has 1 aromatic heterocycles. The van der Waals surface area contributed by atoms with Crippen LogP contribution in [-0.4, -0.2) is 15.9 Å². The molecule has 1 aliphatic rings. The van der Waals surface area contributed by atoms with E-state index < -0.39 is 0 Å². The molecule has 0 aliphatic heterocycles. The maximum atomic E-state index is 5.77. The van der Waals surface area contributed by atoms with Gasteiger partial charge in [-0.05, 0) is 18.4 Å². The molecular weight excluding hydrogens is 278 g/mol. The van der Waals surface area contributed by atoms with E-state index in [-0.39, 0.29) is 0 Å². The molecule has 1 heterocycles. The van der Waals surface area contributed by atoms with E-state index in [1.54, 1.807) is 11.3 Å². The lowest BCUT2D eigenvalue weighted by atomic mass is 9.93. The average molecular weight is 301 g/mol. The highest BCUT2D eigenvalue weighted by Crippen LogP contribution is 2.27. The third-order valence-corrected chi connectivity index (χ3v) is 5.06. The first-order chi connectivity index (χ1) is 10.3. The zero-order valence-corrected chi connectivity index (χ0v) is 13.2. The van der Waals surface area contributed by atoms with E-state index in [9.17, 15) is 0 Å². The number of aromatic nitrogens is 1. The summed E-state index contributed by atoms with van der Waals surface area (Å²) in [5, 5.41) is 0.674. The standard InChI is InChI=1S/C17H23N3S/c18-17-19-11-16(21-17)13-20(15-9-5-2-6-10-15)12-14-7-3-1-4-8-14/h1,3-4,7-8,11,15H,2,5-6,9-10,12-13H2,(H2,18,19). The SMILES string of the molecule is Nc1ncc(CN(Cc2ccccc2)C2CCCCC2)s1. The van der Waals surface area contributed by atoms with E-state index in [0.717, 1.165) is 13.1 Å². The molecule has 1 aliphatic carbocycles. The van der Waals surface area contributed by atoms with Crippen molar-refractivity contribution < 1.29 is 0 Å². The molecule has 21 heavy (non-hydrogen) atoms. The fourth-order valence-corrected chi connectivity index (χ4v) is 3.88. The first-order valence-corrected chi connectivity index (χ1v) is 8.61. The van der Waals surface area contributed by atoms with Crippen molar-refractivity contribution in [3.8, 4) is 0 Å². The molecule has 1 aromatic carbocycles. The molecule has 112 valence electrons. The number of nitrogens with two attached hydrogens (primary N) is 1. The lowest BCUT2D eigenvalue weighted by Gasteiger charge is -2.34. The molecule has 0 atom stereocenters. The quantitative estimate of drug-likeness (QED) is 0.905. The van der Waals surface area contributed by atoms with Crippen LogP contribution in [0.2, 0.25) is 0 Å². The molecular formula is C17H23N3S. The van der Waals surface area contributed by atoms with Gasteiger partial charge in [-0.1, -0.05) is 49.6 Å². The highest BCUT2D eigenvalue weighted by Gasteiger charge is 2.22. The Morgan fingerprint density at radius 2 is 1.86 bits per heavy atom. The first-order valence-electron chi connectivity index (χ1n) is 7.79. The second kappa shape index (κ2) is 7.05. The largest absolute Gasteiger partial charge is 0.375 e. The van der Waals surface area contributed by atoms with Gasteiger partial charge in [-0.3, -0.25) is 4.90 Å². The first kappa shape index (κ1) is 14.5. The van der Waals surface area contributed by atoms with Crippen LogP contribution in [0.1, 0.15) is 42.5 Å². The van der Waals surface area contributed by atoms with Crippen LogP contribution < -0.4 is 5.73 Å². The molecule has 2 N–H and O–H groups in total. The number of hydrogen-bond donors (Lipinski definition) is 1. The normalized spacial score (nSPS) is 16.4. The molecule has 0 saturated heterocycles. The van der Waals surface area contributed by atoms with Crippen LogP contribution in [0, 0.1) is 0 Å². The zero-order chi connectivity index (χ0) is 14.5. The van der Waals surface area contributed by atoms with Gasteiger partial charge in [0.1, 0.15) is 0 Å². The van der Waals surface area contributed by atoms with Gasteiger partial charge < -0.3 is 5.73 Å². The number of nitrogen functional groups attached to an aromatic ring is 1. The Morgan fingerprint density at radius 3 is 2.52 bits per heavy atom. The Kier molecular flexibility index (Phi) is 4.88. The lowest BCUT2D eigenvalue weighted by Crippen LogP contribution is -2.35. The minimum Gasteiger partial charge on any atom is -0.375 e. The van der Waals surface area contributed by atoms with Gasteiger partial charge in [-0.25, -0.2) is 4.98 Å². The van der Waals surface area contributed by atoms with E-state index in [4.69, 9.17) is 5.73 Å². The maximum Gasteiger partial charge on any atom is 0.180 e. The van der Waals surface area contributed by atoms with Crippen molar-refractivity contribution in [2.45, 2.75) is 51.2 Å². The van der Waals surface area contributed by atoms with Crippen molar-refractivity contribution in [1.82, 2.24) is 9.88 Å². The maximum absolute atomic E-state index is 5.77. The van der Waals surface area contributed by atoms with Crippen LogP contribution in [0.15, 0.2) is 36.5 Å². The molecule has 0 bridgehead atoms. The third-order valence-electron chi connectivity index (χ3n) is 4.25. The molecule has 4 heteroatoms. The molecule has 0 unspecified atom stereocenters. The third kappa shape index (κ3) is 4.05. The molecule has 0 spiro atoms. The van der Waals surface area contributed by atoms with E-state index in [0.29, 0.717) is 11.2 Å². The highest BCUT2D eigenvalue weighted by atomic mass is 32.1. The molecule has 3 nitrogen and oxygen atoms in total. The topological polar surface area (TPSA) is 42.1 Å². The average Bonchev–Trinajstić information content (AvgIpc) is 2.94. The molecule has 0 amide bonds. The number of hydrogen-bond acceptors (Lipinski definition) is 4. The summed E-state index contributed by atoms with van der Waals surface area (Å²) in [7, 11) is 0. The summed E-state index contributed by atoms with van der Waals surface area (Å²) in [5.74, 6) is 0. The van der Waals surface area contributed by atoms with Crippen LogP contribution in [0.25, 0.3) is 0 Å². The van der Waals surface area contributed by atoms with E-state index in [2.05, 4.69) is 40.2 Å². The second-order valence-electron chi connectivity index (χ2n) is 5.85. The van der Waals surface area contributed by atoms with Crippen LogP contribution in [0.4, 0.5) is 5.13 Å². The fourth-order valence-electron chi connectivity index (χ4n) is 3.17. The molecule has 2 aromatic rings. The molecule has 3 rings (SSSR count). The van der Waals surface area contributed by atoms with Gasteiger partial charge in [0, 0.05) is 30.2 Å². The van der Waals surface area contributed by atoms with Gasteiger partial charge in [-0.2, -0.15) is 0 Å². The summed E-state index contributed by atoms with van der Waals surface area (Å²) in [6.07, 6.45) is 8.69. The predicted octanol–water partition coefficient (Wildman–Crippen LogP) is 4.06. The van der Waals surface area contributed by atoms with Crippen LogP contribution in [0.3, 0.4) is 0 Å². The Morgan fingerprint density at radius 1 is 1.10 bits per heavy atom. The zero-order valence-electron chi connectivity index (χ0n) is 12.4. The van der Waals surface area contributed by atoms with Crippen molar-refractivity contribution >= 4 is 16.5 Å². The van der Waals surface area contributed by atoms with Gasteiger partial charge >= 0.3 is 0 Å². The minimum atomic E-state index is 0.674. The van der Waals surface area contributed by atoms with Crippen molar-refractivity contribution in [1.29, 1.82) is 0 Å². The summed E-state index contributed by atoms with van der Waals surface area (Å²) in [5.41, 5.74) is 7.16. The smallest absolute Gasteiger partial charge is 0.180 e. The highest BCUT2D eigenvalue weighted by molar-refractivity contribution is 7.15. The van der Waals surface area contributed by atoms with Gasteiger partial charge in [0.15, 0.2) is 5.13 Å². The summed E-state index contributed by atoms with van der Waals surface area (Å²) in [6, 6.07) is 11.5. The van der Waals surface area contributed by atoms with Gasteiger partial charge in [0.2, 0.25) is 0 Å². The number of benzene rings is 1. The van der Waals surface area contributed by atoms with E-state index >= 15 is 0 Å². The monoisotopic (exact) mass is 301 g/mol. The number of thiazole rings is 1. The van der Waals surface area contributed by atoms with E-state index in [1.165, 1.54) is 42.5 Å². The summed E-state index contributed by atoms with van der Waals surface area (Å²) in [6.45, 7) is 1.98. The van der Waals surface area contributed by atoms with Crippen molar-refractivity contribution in [2.75, 3.05) is 5.73 Å². The van der Waals surface area contributed by atoms with Crippen LogP contribution >= 0.6 is 11.3 Å². The molecule has 1 saturated carbocycles. The Hall–Kier alpha value is -1.39. The minimum absolute atomic E-state index is 0.674. The van der Waals surface area contributed by atoms with Gasteiger partial charge in [0.05, 0.1) is 0 Å². The van der Waals surface area contributed by atoms with Gasteiger partial charge in [-0.15, -0.1) is 11.3 Å². The Bertz CT molecular complexity index is 546. The van der Waals surface area contributed by atoms with Crippen LogP contribution in [-0.2, 0) is 13.1 Å². The predicted molar refractivity (Wildman–Crippen MR) is 89.1 cm³/mol. The summed E-state index contributed by atoms with van der Waals surface area (Å²) >= 11 is 1.62. The molecule has 0 radical (unpaired) electrons. The Labute approximate surface area is 130 Å². The van der Waals surface area contributed by atoms with Crippen molar-refractivity contribution in [2.24, 2.45) is 0 Å². The number of anilines is 1. The summed E-state index contributed by atoms with van der Waals surface area (Å²) in [4.78, 5) is 8.08. The van der Waals surface area contributed by atoms with Crippen LogP contribution in [0.5, 0.6) is 0 Å². The number of rotatable bonds is 5. The van der Waals surface area contributed by atoms with Gasteiger partial charge in [0.25, 0.3) is 0 Å². The van der Waals surface area contributed by atoms with E-state index in [1.807, 2.05) is 6.20 Å².